The van der Waals surface area contributed by atoms with Crippen LogP contribution in [0.15, 0.2) is 18.2 Å². The molecule has 1 aromatic rings. The zero-order valence-corrected chi connectivity index (χ0v) is 12.3. The molecular weight excluding hydrogens is 301 g/mol. The number of aliphatic carboxylic acids is 1. The lowest BCUT2D eigenvalue weighted by Gasteiger charge is -2.33. The van der Waals surface area contributed by atoms with E-state index in [9.17, 15) is 14.7 Å². The summed E-state index contributed by atoms with van der Waals surface area (Å²) in [5.41, 5.74) is 0.663. The molecule has 108 valence electrons. The molecule has 0 radical (unpaired) electrons. The summed E-state index contributed by atoms with van der Waals surface area (Å²) in [6, 6.07) is 4.22. The van der Waals surface area contributed by atoms with Gasteiger partial charge in [0, 0.05) is 16.6 Å². The van der Waals surface area contributed by atoms with E-state index in [-0.39, 0.29) is 12.3 Å². The van der Waals surface area contributed by atoms with Gasteiger partial charge in [0.25, 0.3) is 0 Å². The first-order chi connectivity index (χ1) is 9.49. The molecule has 0 aliphatic carbocycles. The lowest BCUT2D eigenvalue weighted by molar-refractivity contribution is -0.151. The number of hydrogen-bond acceptors (Lipinski definition) is 2. The second-order valence-electron chi connectivity index (χ2n) is 4.85. The van der Waals surface area contributed by atoms with E-state index in [0.717, 1.165) is 12.8 Å². The number of nitrogens with zero attached hydrogens (tertiary/aromatic N) is 1. The summed E-state index contributed by atoms with van der Waals surface area (Å²) < 4.78 is 0. The number of benzene rings is 1. The zero-order chi connectivity index (χ0) is 14.7. The molecule has 0 bridgehead atoms. The number of carbonyl (C=O) groups excluding carboxylic acids is 1. The molecule has 6 heteroatoms. The number of amides is 1. The standard InChI is InChI=1S/C14H15Cl2NO3/c15-10-5-4-9(11(16)8-10)7-13(18)17-6-2-1-3-12(17)14(19)20/h4-5,8,12H,1-3,6-7H2,(H,19,20)/t12-/m1/s1. The van der Waals surface area contributed by atoms with Crippen molar-refractivity contribution >= 4 is 35.1 Å². The number of carbonyl (C=O) groups is 2. The Balaban J connectivity index is 2.12. The number of hydrogen-bond donors (Lipinski definition) is 1. The molecule has 0 aromatic heterocycles. The molecule has 1 atom stereocenters. The highest BCUT2D eigenvalue weighted by Crippen LogP contribution is 2.24. The minimum atomic E-state index is -0.944. The van der Waals surface area contributed by atoms with E-state index >= 15 is 0 Å². The minimum absolute atomic E-state index is 0.0970. The molecule has 2 rings (SSSR count). The molecule has 1 N–H and O–H groups in total. The van der Waals surface area contributed by atoms with Crippen molar-refractivity contribution in [2.24, 2.45) is 0 Å². The molecule has 1 heterocycles. The first-order valence-electron chi connectivity index (χ1n) is 6.45. The van der Waals surface area contributed by atoms with Crippen LogP contribution in [0.2, 0.25) is 10.0 Å². The monoisotopic (exact) mass is 315 g/mol. The summed E-state index contributed by atoms with van der Waals surface area (Å²) in [5, 5.41) is 10.1. The Hall–Kier alpha value is -1.26. The fourth-order valence-electron chi connectivity index (χ4n) is 2.42. The summed E-state index contributed by atoms with van der Waals surface area (Å²) in [7, 11) is 0. The van der Waals surface area contributed by atoms with Gasteiger partial charge < -0.3 is 10.0 Å². The number of carboxylic acid groups (broad SMARTS) is 1. The summed E-state index contributed by atoms with van der Waals surface area (Å²) in [6.45, 7) is 0.487. The van der Waals surface area contributed by atoms with E-state index in [1.165, 1.54) is 4.90 Å². The molecular formula is C14H15Cl2NO3. The highest BCUT2D eigenvalue weighted by molar-refractivity contribution is 6.35. The van der Waals surface area contributed by atoms with Crippen LogP contribution < -0.4 is 0 Å². The van der Waals surface area contributed by atoms with Crippen molar-refractivity contribution in [3.63, 3.8) is 0 Å². The topological polar surface area (TPSA) is 57.6 Å². The fraction of sp³-hybridized carbons (Fsp3) is 0.429. The van der Waals surface area contributed by atoms with E-state index in [1.54, 1.807) is 18.2 Å². The van der Waals surface area contributed by atoms with Crippen molar-refractivity contribution in [3.8, 4) is 0 Å². The van der Waals surface area contributed by atoms with Crippen molar-refractivity contribution in [3.05, 3.63) is 33.8 Å². The summed E-state index contributed by atoms with van der Waals surface area (Å²) in [6.07, 6.45) is 2.28. The maximum atomic E-state index is 12.3. The van der Waals surface area contributed by atoms with Crippen molar-refractivity contribution in [1.82, 2.24) is 4.90 Å². The molecule has 0 spiro atoms. The molecule has 1 aliphatic heterocycles. The second-order valence-corrected chi connectivity index (χ2v) is 5.69. The maximum absolute atomic E-state index is 12.3. The summed E-state index contributed by atoms with van der Waals surface area (Å²) in [4.78, 5) is 24.9. The van der Waals surface area contributed by atoms with Gasteiger partial charge in [0.15, 0.2) is 0 Å². The summed E-state index contributed by atoms with van der Waals surface area (Å²) >= 11 is 11.8. The largest absolute Gasteiger partial charge is 0.480 e. The smallest absolute Gasteiger partial charge is 0.326 e. The van der Waals surface area contributed by atoms with Crippen LogP contribution in [0.4, 0.5) is 0 Å². The van der Waals surface area contributed by atoms with Crippen molar-refractivity contribution in [1.29, 1.82) is 0 Å². The third-order valence-electron chi connectivity index (χ3n) is 3.46. The second kappa shape index (κ2) is 6.46. The van der Waals surface area contributed by atoms with Gasteiger partial charge >= 0.3 is 5.97 Å². The number of likely N-dealkylation sites (tertiary alicyclic amines) is 1. The van der Waals surface area contributed by atoms with Gasteiger partial charge in [-0.1, -0.05) is 29.3 Å². The van der Waals surface area contributed by atoms with E-state index in [2.05, 4.69) is 0 Å². The Bertz CT molecular complexity index is 533. The van der Waals surface area contributed by atoms with Gasteiger partial charge in [0.05, 0.1) is 6.42 Å². The molecule has 0 saturated carbocycles. The van der Waals surface area contributed by atoms with Crippen molar-refractivity contribution in [2.75, 3.05) is 6.54 Å². The third kappa shape index (κ3) is 3.44. The van der Waals surface area contributed by atoms with Crippen LogP contribution in [0, 0.1) is 0 Å². The maximum Gasteiger partial charge on any atom is 0.326 e. The molecule has 20 heavy (non-hydrogen) atoms. The van der Waals surface area contributed by atoms with E-state index in [0.29, 0.717) is 28.6 Å². The summed E-state index contributed by atoms with van der Waals surface area (Å²) in [5.74, 6) is -1.15. The quantitative estimate of drug-likeness (QED) is 0.932. The predicted molar refractivity (Wildman–Crippen MR) is 77.2 cm³/mol. The van der Waals surface area contributed by atoms with Crippen LogP contribution in [-0.2, 0) is 16.0 Å². The third-order valence-corrected chi connectivity index (χ3v) is 4.05. The molecule has 1 aromatic carbocycles. The van der Waals surface area contributed by atoms with Gasteiger partial charge in [-0.25, -0.2) is 4.79 Å². The molecule has 1 aliphatic rings. The number of carboxylic acids is 1. The van der Waals surface area contributed by atoms with Crippen LogP contribution in [-0.4, -0.2) is 34.5 Å². The molecule has 1 amide bonds. The predicted octanol–water partition coefficient (Wildman–Crippen LogP) is 3.00. The van der Waals surface area contributed by atoms with Crippen LogP contribution in [0.5, 0.6) is 0 Å². The SMILES string of the molecule is O=C(O)[C@H]1CCCCN1C(=O)Cc1ccc(Cl)cc1Cl. The van der Waals surface area contributed by atoms with Gasteiger partial charge in [0.1, 0.15) is 6.04 Å². The average molecular weight is 316 g/mol. The van der Waals surface area contributed by atoms with Gasteiger partial charge in [0.2, 0.25) is 5.91 Å². The minimum Gasteiger partial charge on any atom is -0.480 e. The van der Waals surface area contributed by atoms with Gasteiger partial charge in [-0.15, -0.1) is 0 Å². The van der Waals surface area contributed by atoms with Gasteiger partial charge in [-0.05, 0) is 37.0 Å². The van der Waals surface area contributed by atoms with Crippen LogP contribution >= 0.6 is 23.2 Å². The molecule has 1 fully saturated rings. The Labute approximate surface area is 127 Å². The molecule has 1 saturated heterocycles. The molecule has 4 nitrogen and oxygen atoms in total. The van der Waals surface area contributed by atoms with Crippen LogP contribution in [0.25, 0.3) is 0 Å². The Morgan fingerprint density at radius 2 is 2.05 bits per heavy atom. The lowest BCUT2D eigenvalue weighted by atomic mass is 10.0. The normalized spacial score (nSPS) is 18.9. The van der Waals surface area contributed by atoms with Gasteiger partial charge in [-0.3, -0.25) is 4.79 Å². The van der Waals surface area contributed by atoms with Crippen LogP contribution in [0.3, 0.4) is 0 Å². The number of halogens is 2. The Kier molecular flexibility index (Phi) is 4.89. The average Bonchev–Trinajstić information content (AvgIpc) is 2.41. The zero-order valence-electron chi connectivity index (χ0n) is 10.8. The fourth-order valence-corrected chi connectivity index (χ4v) is 2.89. The first-order valence-corrected chi connectivity index (χ1v) is 7.21. The van der Waals surface area contributed by atoms with Crippen molar-refractivity contribution < 1.29 is 14.7 Å². The van der Waals surface area contributed by atoms with E-state index in [1.807, 2.05) is 0 Å². The number of piperidine rings is 1. The van der Waals surface area contributed by atoms with E-state index < -0.39 is 12.0 Å². The number of rotatable bonds is 3. The Morgan fingerprint density at radius 3 is 2.70 bits per heavy atom. The highest BCUT2D eigenvalue weighted by atomic mass is 35.5. The van der Waals surface area contributed by atoms with Gasteiger partial charge in [-0.2, -0.15) is 0 Å². The van der Waals surface area contributed by atoms with E-state index in [4.69, 9.17) is 23.2 Å². The Morgan fingerprint density at radius 1 is 1.30 bits per heavy atom. The van der Waals surface area contributed by atoms with Crippen molar-refractivity contribution in [2.45, 2.75) is 31.7 Å². The first kappa shape index (κ1) is 15.1. The highest BCUT2D eigenvalue weighted by Gasteiger charge is 2.31. The molecule has 0 unspecified atom stereocenters. The lowest BCUT2D eigenvalue weighted by Crippen LogP contribution is -2.48. The van der Waals surface area contributed by atoms with Crippen LogP contribution in [0.1, 0.15) is 24.8 Å².